The maximum Gasteiger partial charge on any atom is 0.411 e. The van der Waals surface area contributed by atoms with Crippen LogP contribution >= 0.6 is 11.8 Å². The second-order valence-corrected chi connectivity index (χ2v) is 6.20. The zero-order chi connectivity index (χ0) is 17.5. The molecule has 24 heavy (non-hydrogen) atoms. The number of carbonyl (C=O) groups excluding carboxylic acids is 2. The van der Waals surface area contributed by atoms with Gasteiger partial charge in [0.15, 0.2) is 0 Å². The number of carbonyl (C=O) groups is 2. The van der Waals surface area contributed by atoms with E-state index in [2.05, 4.69) is 15.4 Å². The Hall–Kier alpha value is -2.51. The van der Waals surface area contributed by atoms with E-state index in [4.69, 9.17) is 5.73 Å². The van der Waals surface area contributed by atoms with Crippen molar-refractivity contribution in [2.75, 3.05) is 17.7 Å². The molecule has 0 bridgehead atoms. The molecular weight excluding hydrogens is 326 g/mol. The van der Waals surface area contributed by atoms with Crippen LogP contribution in [0.3, 0.4) is 0 Å². The summed E-state index contributed by atoms with van der Waals surface area (Å²) in [6.07, 6.45) is -0.507. The molecule has 6 nitrogen and oxygen atoms in total. The van der Waals surface area contributed by atoms with E-state index in [0.29, 0.717) is 11.4 Å². The van der Waals surface area contributed by atoms with E-state index in [0.717, 1.165) is 9.79 Å². The zero-order valence-corrected chi connectivity index (χ0v) is 14.2. The van der Waals surface area contributed by atoms with Crippen LogP contribution in [0.25, 0.3) is 0 Å². The number of methoxy groups -OCH3 is 1. The van der Waals surface area contributed by atoms with Crippen LogP contribution < -0.4 is 16.4 Å². The number of hydrogen-bond donors (Lipinski definition) is 3. The molecule has 0 aromatic heterocycles. The zero-order valence-electron chi connectivity index (χ0n) is 13.4. The summed E-state index contributed by atoms with van der Waals surface area (Å²) in [6.45, 7) is 1.64. The average molecular weight is 345 g/mol. The number of rotatable bonds is 5. The molecule has 0 aliphatic heterocycles. The van der Waals surface area contributed by atoms with Gasteiger partial charge in [0.2, 0.25) is 5.91 Å². The maximum absolute atomic E-state index is 11.6. The summed E-state index contributed by atoms with van der Waals surface area (Å²) >= 11 is 1.54. The summed E-state index contributed by atoms with van der Waals surface area (Å²) in [4.78, 5) is 24.8. The van der Waals surface area contributed by atoms with Crippen molar-refractivity contribution in [3.05, 3.63) is 48.5 Å². The minimum Gasteiger partial charge on any atom is -0.453 e. The topological polar surface area (TPSA) is 93.5 Å². The number of hydrogen-bond acceptors (Lipinski definition) is 5. The monoisotopic (exact) mass is 345 g/mol. The molecule has 0 fully saturated rings. The normalized spacial score (nSPS) is 11.5. The number of nitrogens with one attached hydrogen (secondary N) is 2. The minimum absolute atomic E-state index is 0.226. The van der Waals surface area contributed by atoms with E-state index in [1.165, 1.54) is 7.11 Å². The fourth-order valence-corrected chi connectivity index (χ4v) is 2.68. The van der Waals surface area contributed by atoms with Gasteiger partial charge >= 0.3 is 6.09 Å². The first kappa shape index (κ1) is 17.8. The highest BCUT2D eigenvalue weighted by atomic mass is 32.2. The Balaban J connectivity index is 2.03. The first-order valence-corrected chi connectivity index (χ1v) is 8.09. The molecule has 0 saturated carbocycles. The third-order valence-corrected chi connectivity index (χ3v) is 4.03. The summed E-state index contributed by atoms with van der Waals surface area (Å²) in [7, 11) is 1.32. The molecule has 0 saturated heterocycles. The number of benzene rings is 2. The summed E-state index contributed by atoms with van der Waals surface area (Å²) in [5, 5.41) is 5.36. The molecule has 126 valence electrons. The van der Waals surface area contributed by atoms with Crippen molar-refractivity contribution in [1.29, 1.82) is 0 Å². The predicted molar refractivity (Wildman–Crippen MR) is 95.3 cm³/mol. The van der Waals surface area contributed by atoms with Crippen LogP contribution in [0, 0.1) is 0 Å². The SMILES string of the molecule is COC(=O)Nc1ccc(Sc2cccc(NC(=O)C(C)N)c2)cc1. The van der Waals surface area contributed by atoms with E-state index in [1.54, 1.807) is 30.8 Å². The van der Waals surface area contributed by atoms with E-state index in [-0.39, 0.29) is 5.91 Å². The van der Waals surface area contributed by atoms with Gasteiger partial charge in [0.1, 0.15) is 0 Å². The lowest BCUT2D eigenvalue weighted by Gasteiger charge is -2.09. The fraction of sp³-hybridized carbons (Fsp3) is 0.176. The van der Waals surface area contributed by atoms with Crippen LogP contribution in [0.15, 0.2) is 58.3 Å². The van der Waals surface area contributed by atoms with Crippen LogP contribution in [0.5, 0.6) is 0 Å². The van der Waals surface area contributed by atoms with E-state index in [1.807, 2.05) is 36.4 Å². The lowest BCUT2D eigenvalue weighted by Crippen LogP contribution is -2.32. The molecule has 1 unspecified atom stereocenters. The highest BCUT2D eigenvalue weighted by Gasteiger charge is 2.08. The van der Waals surface area contributed by atoms with Crippen molar-refractivity contribution in [3.63, 3.8) is 0 Å². The Kier molecular flexibility index (Phi) is 6.22. The van der Waals surface area contributed by atoms with Gasteiger partial charge in [-0.2, -0.15) is 0 Å². The summed E-state index contributed by atoms with van der Waals surface area (Å²) in [5.41, 5.74) is 6.90. The summed E-state index contributed by atoms with van der Waals surface area (Å²) < 4.78 is 4.54. The van der Waals surface area contributed by atoms with Crippen molar-refractivity contribution in [1.82, 2.24) is 0 Å². The van der Waals surface area contributed by atoms with Crippen LogP contribution in [0.2, 0.25) is 0 Å². The molecular formula is C17H19N3O3S. The smallest absolute Gasteiger partial charge is 0.411 e. The molecule has 2 aromatic rings. The predicted octanol–water partition coefficient (Wildman–Crippen LogP) is 3.30. The van der Waals surface area contributed by atoms with Crippen molar-refractivity contribution < 1.29 is 14.3 Å². The molecule has 0 aliphatic carbocycles. The van der Waals surface area contributed by atoms with E-state index < -0.39 is 12.1 Å². The Morgan fingerprint density at radius 3 is 2.38 bits per heavy atom. The molecule has 2 rings (SSSR count). The lowest BCUT2D eigenvalue weighted by atomic mass is 10.3. The van der Waals surface area contributed by atoms with Crippen LogP contribution in [-0.4, -0.2) is 25.2 Å². The van der Waals surface area contributed by atoms with Gasteiger partial charge in [0, 0.05) is 21.2 Å². The Labute approximate surface area is 144 Å². The van der Waals surface area contributed by atoms with E-state index >= 15 is 0 Å². The van der Waals surface area contributed by atoms with Gasteiger partial charge in [-0.15, -0.1) is 0 Å². The summed E-state index contributed by atoms with van der Waals surface area (Å²) in [6, 6.07) is 14.3. The highest BCUT2D eigenvalue weighted by molar-refractivity contribution is 7.99. The first-order valence-electron chi connectivity index (χ1n) is 7.27. The van der Waals surface area contributed by atoms with Crippen molar-refractivity contribution in [2.24, 2.45) is 5.73 Å². The largest absolute Gasteiger partial charge is 0.453 e. The Morgan fingerprint density at radius 1 is 1.04 bits per heavy atom. The van der Waals surface area contributed by atoms with E-state index in [9.17, 15) is 9.59 Å². The number of anilines is 2. The molecule has 4 N–H and O–H groups in total. The van der Waals surface area contributed by atoms with Gasteiger partial charge in [-0.3, -0.25) is 10.1 Å². The molecule has 1 atom stereocenters. The van der Waals surface area contributed by atoms with Crippen LogP contribution in [0.1, 0.15) is 6.92 Å². The van der Waals surface area contributed by atoms with Gasteiger partial charge in [-0.25, -0.2) is 4.79 Å². The standard InChI is InChI=1S/C17H19N3O3S/c1-11(18)16(21)19-13-4-3-5-15(10-13)24-14-8-6-12(7-9-14)20-17(22)23-2/h3-11H,18H2,1-2H3,(H,19,21)(H,20,22). The van der Waals surface area contributed by atoms with Gasteiger partial charge in [-0.1, -0.05) is 17.8 Å². The fourth-order valence-electron chi connectivity index (χ4n) is 1.80. The quantitative estimate of drug-likeness (QED) is 0.773. The average Bonchev–Trinajstić information content (AvgIpc) is 2.56. The van der Waals surface area contributed by atoms with Crippen molar-refractivity contribution in [3.8, 4) is 0 Å². The second-order valence-electron chi connectivity index (χ2n) is 5.05. The minimum atomic E-state index is -0.559. The first-order chi connectivity index (χ1) is 11.5. The highest BCUT2D eigenvalue weighted by Crippen LogP contribution is 2.30. The number of nitrogens with two attached hydrogens (primary N) is 1. The maximum atomic E-state index is 11.6. The third kappa shape index (κ3) is 5.29. The molecule has 0 spiro atoms. The van der Waals surface area contributed by atoms with Crippen LogP contribution in [0.4, 0.5) is 16.2 Å². The van der Waals surface area contributed by atoms with Gasteiger partial charge < -0.3 is 15.8 Å². The van der Waals surface area contributed by atoms with Crippen molar-refractivity contribution in [2.45, 2.75) is 22.8 Å². The van der Waals surface area contributed by atoms with Crippen molar-refractivity contribution >= 4 is 35.1 Å². The molecule has 2 aromatic carbocycles. The number of ether oxygens (including phenoxy) is 1. The molecule has 7 heteroatoms. The third-order valence-electron chi connectivity index (χ3n) is 3.04. The van der Waals surface area contributed by atoms with Gasteiger partial charge in [0.05, 0.1) is 13.2 Å². The molecule has 0 heterocycles. The Morgan fingerprint density at radius 2 is 1.75 bits per heavy atom. The summed E-state index contributed by atoms with van der Waals surface area (Å²) in [5.74, 6) is -0.226. The van der Waals surface area contributed by atoms with Crippen LogP contribution in [-0.2, 0) is 9.53 Å². The molecule has 2 amide bonds. The second kappa shape index (κ2) is 8.37. The number of amides is 2. The lowest BCUT2D eigenvalue weighted by molar-refractivity contribution is -0.117. The molecule has 0 radical (unpaired) electrons. The molecule has 0 aliphatic rings. The van der Waals surface area contributed by atoms with Gasteiger partial charge in [-0.05, 0) is 49.4 Å². The Bertz CT molecular complexity index is 717. The van der Waals surface area contributed by atoms with Gasteiger partial charge in [0.25, 0.3) is 0 Å².